The first kappa shape index (κ1) is 18.5. The van der Waals surface area contributed by atoms with E-state index in [1.807, 2.05) is 33.0 Å². The number of amides is 1. The summed E-state index contributed by atoms with van der Waals surface area (Å²) in [6, 6.07) is 7.46. The van der Waals surface area contributed by atoms with Crippen LogP contribution in [0.1, 0.15) is 13.8 Å². The molecule has 20 heavy (non-hydrogen) atoms. The Kier molecular flexibility index (Phi) is 9.59. The highest BCUT2D eigenvalue weighted by Crippen LogP contribution is 2.17. The Balaban J connectivity index is 0.00000361. The van der Waals surface area contributed by atoms with E-state index in [-0.39, 0.29) is 31.0 Å². The van der Waals surface area contributed by atoms with Crippen LogP contribution in [0, 0.1) is 0 Å². The van der Waals surface area contributed by atoms with E-state index in [1.165, 1.54) is 0 Å². The fraction of sp³-hybridized carbons (Fsp3) is 0.500. The van der Waals surface area contributed by atoms with Gasteiger partial charge in [0.05, 0.1) is 6.61 Å². The van der Waals surface area contributed by atoms with Gasteiger partial charge in [-0.15, -0.1) is 12.4 Å². The molecule has 1 aromatic carbocycles. The predicted octanol–water partition coefficient (Wildman–Crippen LogP) is 1.61. The van der Waals surface area contributed by atoms with Crippen LogP contribution in [0.4, 0.5) is 0 Å². The molecule has 0 fully saturated rings. The second-order valence-corrected chi connectivity index (χ2v) is 4.19. The quantitative estimate of drug-likeness (QED) is 0.766. The van der Waals surface area contributed by atoms with Crippen molar-refractivity contribution in [2.45, 2.75) is 19.9 Å². The highest BCUT2D eigenvalue weighted by molar-refractivity contribution is 5.85. The first-order valence-electron chi connectivity index (χ1n) is 6.45. The maximum absolute atomic E-state index is 11.5. The summed E-state index contributed by atoms with van der Waals surface area (Å²) in [4.78, 5) is 11.5. The molecule has 5 nitrogen and oxygen atoms in total. The molecule has 0 bridgehead atoms. The molecule has 0 aromatic heterocycles. The van der Waals surface area contributed by atoms with Crippen molar-refractivity contribution >= 4 is 18.3 Å². The molecule has 114 valence electrons. The minimum atomic E-state index is -0.129. The monoisotopic (exact) mass is 302 g/mol. The zero-order chi connectivity index (χ0) is 14.1. The molecule has 0 aliphatic rings. The molecule has 0 spiro atoms. The summed E-state index contributed by atoms with van der Waals surface area (Å²) in [5, 5.41) is 5.83. The van der Waals surface area contributed by atoms with Crippen molar-refractivity contribution in [3.8, 4) is 11.5 Å². The van der Waals surface area contributed by atoms with E-state index >= 15 is 0 Å². The normalized spacial score (nSPS) is 11.2. The summed E-state index contributed by atoms with van der Waals surface area (Å²) in [6.07, 6.45) is 0. The van der Waals surface area contributed by atoms with Crippen LogP contribution in [0.2, 0.25) is 0 Å². The molecule has 0 aliphatic carbocycles. The maximum atomic E-state index is 11.5. The van der Waals surface area contributed by atoms with Gasteiger partial charge in [0.1, 0.15) is 11.5 Å². The Morgan fingerprint density at radius 1 is 1.20 bits per heavy atom. The van der Waals surface area contributed by atoms with Crippen LogP contribution in [-0.4, -0.2) is 38.8 Å². The smallest absolute Gasteiger partial charge is 0.257 e. The lowest BCUT2D eigenvalue weighted by Gasteiger charge is -2.12. The van der Waals surface area contributed by atoms with E-state index in [2.05, 4.69) is 10.6 Å². The van der Waals surface area contributed by atoms with Gasteiger partial charge in [-0.1, -0.05) is 0 Å². The topological polar surface area (TPSA) is 59.6 Å². The van der Waals surface area contributed by atoms with Crippen LogP contribution in [0.25, 0.3) is 0 Å². The van der Waals surface area contributed by atoms with E-state index < -0.39 is 0 Å². The number of carbonyl (C=O) groups is 1. The fourth-order valence-corrected chi connectivity index (χ4v) is 1.37. The van der Waals surface area contributed by atoms with Crippen molar-refractivity contribution in [2.24, 2.45) is 0 Å². The molecule has 0 radical (unpaired) electrons. The van der Waals surface area contributed by atoms with Gasteiger partial charge in [0.2, 0.25) is 0 Å². The number of likely N-dealkylation sites (N-methyl/N-ethyl adjacent to an activating group) is 1. The largest absolute Gasteiger partial charge is 0.494 e. The highest BCUT2D eigenvalue weighted by Gasteiger charge is 2.04. The molecule has 0 saturated heterocycles. The molecule has 1 rings (SSSR count). The van der Waals surface area contributed by atoms with E-state index in [9.17, 15) is 4.79 Å². The minimum Gasteiger partial charge on any atom is -0.494 e. The zero-order valence-corrected chi connectivity index (χ0v) is 13.0. The van der Waals surface area contributed by atoms with Crippen LogP contribution in [0.15, 0.2) is 24.3 Å². The third-order valence-electron chi connectivity index (χ3n) is 2.60. The van der Waals surface area contributed by atoms with E-state index in [0.29, 0.717) is 18.9 Å². The first-order chi connectivity index (χ1) is 9.15. The molecule has 2 N–H and O–H groups in total. The second kappa shape index (κ2) is 10.3. The number of rotatable bonds is 8. The van der Waals surface area contributed by atoms with E-state index in [0.717, 1.165) is 5.75 Å². The van der Waals surface area contributed by atoms with Crippen molar-refractivity contribution in [1.82, 2.24) is 10.6 Å². The average Bonchev–Trinajstić information content (AvgIpc) is 2.44. The Morgan fingerprint density at radius 2 is 1.75 bits per heavy atom. The molecule has 1 amide bonds. The summed E-state index contributed by atoms with van der Waals surface area (Å²) in [6.45, 7) is 5.16. The number of nitrogens with one attached hydrogen (secondary N) is 2. The van der Waals surface area contributed by atoms with Gasteiger partial charge >= 0.3 is 0 Å². The Morgan fingerprint density at radius 3 is 2.25 bits per heavy atom. The summed E-state index contributed by atoms with van der Waals surface area (Å²) in [5.74, 6) is 1.32. The number of hydrogen-bond donors (Lipinski definition) is 2. The molecule has 1 unspecified atom stereocenters. The second-order valence-electron chi connectivity index (χ2n) is 4.19. The first-order valence-corrected chi connectivity index (χ1v) is 6.45. The number of benzene rings is 1. The van der Waals surface area contributed by atoms with Crippen LogP contribution < -0.4 is 20.1 Å². The maximum Gasteiger partial charge on any atom is 0.257 e. The lowest BCUT2D eigenvalue weighted by atomic mass is 10.3. The van der Waals surface area contributed by atoms with Gasteiger partial charge in [0.25, 0.3) is 5.91 Å². The molecular formula is C14H23ClN2O3. The molecule has 0 saturated carbocycles. The Bertz CT molecular complexity index is 385. The van der Waals surface area contributed by atoms with E-state index in [4.69, 9.17) is 9.47 Å². The lowest BCUT2D eigenvalue weighted by Crippen LogP contribution is -2.39. The Labute approximate surface area is 126 Å². The van der Waals surface area contributed by atoms with Gasteiger partial charge in [-0.2, -0.15) is 0 Å². The molecule has 0 heterocycles. The van der Waals surface area contributed by atoms with Crippen molar-refractivity contribution in [3.63, 3.8) is 0 Å². The van der Waals surface area contributed by atoms with Gasteiger partial charge < -0.3 is 20.1 Å². The van der Waals surface area contributed by atoms with Gasteiger partial charge in [-0.25, -0.2) is 0 Å². The summed E-state index contributed by atoms with van der Waals surface area (Å²) in [7, 11) is 1.85. The van der Waals surface area contributed by atoms with Gasteiger partial charge in [-0.3, -0.25) is 4.79 Å². The predicted molar refractivity (Wildman–Crippen MR) is 81.9 cm³/mol. The van der Waals surface area contributed by atoms with E-state index in [1.54, 1.807) is 12.1 Å². The van der Waals surface area contributed by atoms with Crippen molar-refractivity contribution < 1.29 is 14.3 Å². The number of carbonyl (C=O) groups excluding carboxylic acids is 1. The summed E-state index contributed by atoms with van der Waals surface area (Å²) in [5.41, 5.74) is 0. The molecule has 6 heteroatoms. The van der Waals surface area contributed by atoms with Gasteiger partial charge in [-0.05, 0) is 45.2 Å². The number of hydrogen-bond acceptors (Lipinski definition) is 4. The third-order valence-corrected chi connectivity index (χ3v) is 2.60. The molecular weight excluding hydrogens is 280 g/mol. The summed E-state index contributed by atoms with van der Waals surface area (Å²) < 4.78 is 10.7. The Hall–Kier alpha value is -1.46. The molecule has 0 aliphatic heterocycles. The standard InChI is InChI=1S/C14H22N2O3.ClH/c1-4-18-12-5-7-13(8-6-12)19-10-14(17)16-9-11(2)15-3;/h5-8,11,15H,4,9-10H2,1-3H3,(H,16,17);1H. The van der Waals surface area contributed by atoms with Gasteiger partial charge in [0, 0.05) is 12.6 Å². The van der Waals surface area contributed by atoms with Crippen LogP contribution in [0.3, 0.4) is 0 Å². The number of ether oxygens (including phenoxy) is 2. The highest BCUT2D eigenvalue weighted by atomic mass is 35.5. The third kappa shape index (κ3) is 7.21. The van der Waals surface area contributed by atoms with Gasteiger partial charge in [0.15, 0.2) is 6.61 Å². The zero-order valence-electron chi connectivity index (χ0n) is 12.1. The minimum absolute atomic E-state index is 0. The van der Waals surface area contributed by atoms with Crippen LogP contribution >= 0.6 is 12.4 Å². The number of halogens is 1. The van der Waals surface area contributed by atoms with Crippen molar-refractivity contribution in [3.05, 3.63) is 24.3 Å². The SMILES string of the molecule is CCOc1ccc(OCC(=O)NCC(C)NC)cc1.Cl. The lowest BCUT2D eigenvalue weighted by molar-refractivity contribution is -0.123. The molecule has 1 aromatic rings. The summed E-state index contributed by atoms with van der Waals surface area (Å²) >= 11 is 0. The van der Waals surface area contributed by atoms with Crippen molar-refractivity contribution in [2.75, 3.05) is 26.8 Å². The molecule has 1 atom stereocenters. The van der Waals surface area contributed by atoms with Crippen LogP contribution in [-0.2, 0) is 4.79 Å². The van der Waals surface area contributed by atoms with Crippen LogP contribution in [0.5, 0.6) is 11.5 Å². The fourth-order valence-electron chi connectivity index (χ4n) is 1.37. The van der Waals surface area contributed by atoms with Crippen molar-refractivity contribution in [1.29, 1.82) is 0 Å². The average molecular weight is 303 g/mol.